The molecule has 28 heavy (non-hydrogen) atoms. The Morgan fingerprint density at radius 3 is 2.64 bits per heavy atom. The second-order valence-electron chi connectivity index (χ2n) is 6.87. The van der Waals surface area contributed by atoms with Crippen molar-refractivity contribution in [3.8, 4) is 0 Å². The number of thiazole rings is 1. The molecule has 6 nitrogen and oxygen atoms in total. The lowest BCUT2D eigenvalue weighted by atomic mass is 10.0. The molecule has 2 amide bonds. The molecule has 3 rings (SSSR count). The first-order valence-electron chi connectivity index (χ1n) is 9.06. The Morgan fingerprint density at radius 2 is 1.96 bits per heavy atom. The third-order valence-corrected chi connectivity index (χ3v) is 6.59. The number of benzene rings is 1. The Bertz CT molecular complexity index is 910. The van der Waals surface area contributed by atoms with Crippen LogP contribution in [0.4, 0.5) is 5.13 Å². The lowest BCUT2D eigenvalue weighted by Gasteiger charge is -2.22. The van der Waals surface area contributed by atoms with E-state index in [-0.39, 0.29) is 30.4 Å². The highest BCUT2D eigenvalue weighted by atomic mass is 32.2. The first-order chi connectivity index (χ1) is 13.3. The average molecular weight is 418 g/mol. The molecule has 1 aromatic heterocycles. The van der Waals surface area contributed by atoms with Crippen molar-refractivity contribution < 1.29 is 14.4 Å². The monoisotopic (exact) mass is 417 g/mol. The Labute approximate surface area is 172 Å². The van der Waals surface area contributed by atoms with Crippen molar-refractivity contribution in [1.29, 1.82) is 0 Å². The maximum Gasteiger partial charge on any atom is 0.249 e. The fraction of sp³-hybridized carbons (Fsp3) is 0.400. The molecule has 0 unspecified atom stereocenters. The highest BCUT2D eigenvalue weighted by Crippen LogP contribution is 2.25. The predicted molar refractivity (Wildman–Crippen MR) is 113 cm³/mol. The number of rotatable bonds is 6. The lowest BCUT2D eigenvalue weighted by Crippen LogP contribution is -2.44. The molecular weight excluding hydrogens is 394 g/mol. The lowest BCUT2D eigenvalue weighted by molar-refractivity contribution is -0.136. The van der Waals surface area contributed by atoms with Crippen LogP contribution in [0.25, 0.3) is 0 Å². The number of hydrogen-bond donors (Lipinski definition) is 1. The summed E-state index contributed by atoms with van der Waals surface area (Å²) in [5.41, 5.74) is 2.81. The van der Waals surface area contributed by atoms with Gasteiger partial charge < -0.3 is 10.2 Å². The minimum Gasteiger partial charge on any atom is -0.321 e. The molecule has 0 radical (unpaired) electrons. The van der Waals surface area contributed by atoms with Crippen LogP contribution in [-0.2, 0) is 9.59 Å². The summed E-state index contributed by atoms with van der Waals surface area (Å²) >= 11 is 2.94. The van der Waals surface area contributed by atoms with Crippen molar-refractivity contribution in [1.82, 2.24) is 9.88 Å². The number of aromatic nitrogens is 1. The zero-order valence-corrected chi connectivity index (χ0v) is 17.8. The van der Waals surface area contributed by atoms with Crippen LogP contribution in [0.1, 0.15) is 39.2 Å². The zero-order chi connectivity index (χ0) is 20.3. The van der Waals surface area contributed by atoms with Gasteiger partial charge in [-0.15, -0.1) is 23.1 Å². The van der Waals surface area contributed by atoms with Gasteiger partial charge >= 0.3 is 0 Å². The van der Waals surface area contributed by atoms with Crippen molar-refractivity contribution in [2.24, 2.45) is 0 Å². The van der Waals surface area contributed by atoms with Gasteiger partial charge in [-0.2, -0.15) is 0 Å². The van der Waals surface area contributed by atoms with E-state index < -0.39 is 6.04 Å². The molecule has 148 valence electrons. The number of thioether (sulfide) groups is 1. The second kappa shape index (κ2) is 8.87. The van der Waals surface area contributed by atoms with Gasteiger partial charge in [0.25, 0.3) is 0 Å². The van der Waals surface area contributed by atoms with Crippen LogP contribution in [0.2, 0.25) is 0 Å². The van der Waals surface area contributed by atoms with Gasteiger partial charge in [-0.25, -0.2) is 4.98 Å². The van der Waals surface area contributed by atoms with Gasteiger partial charge in [0, 0.05) is 35.2 Å². The number of hydrogen-bond acceptors (Lipinski definition) is 6. The van der Waals surface area contributed by atoms with Gasteiger partial charge in [-0.05, 0) is 38.0 Å². The Morgan fingerprint density at radius 1 is 1.18 bits per heavy atom. The second-order valence-corrected chi connectivity index (χ2v) is 9.10. The Balaban J connectivity index is 1.57. The minimum absolute atomic E-state index is 0.0532. The number of ketones is 1. The van der Waals surface area contributed by atoms with Crippen molar-refractivity contribution in [2.75, 3.05) is 16.9 Å². The third kappa shape index (κ3) is 4.80. The predicted octanol–water partition coefficient (Wildman–Crippen LogP) is 3.57. The maximum absolute atomic E-state index is 12.6. The summed E-state index contributed by atoms with van der Waals surface area (Å²) in [6, 6.07) is 5.05. The number of carbonyl (C=O) groups is 3. The van der Waals surface area contributed by atoms with E-state index in [1.54, 1.807) is 17.2 Å². The maximum atomic E-state index is 12.6. The van der Waals surface area contributed by atoms with Gasteiger partial charge in [-0.1, -0.05) is 12.1 Å². The summed E-state index contributed by atoms with van der Waals surface area (Å²) < 4.78 is 0. The van der Waals surface area contributed by atoms with Crippen molar-refractivity contribution in [3.63, 3.8) is 0 Å². The topological polar surface area (TPSA) is 79.4 Å². The molecule has 1 N–H and O–H groups in total. The first kappa shape index (κ1) is 20.5. The highest BCUT2D eigenvalue weighted by Gasteiger charge is 2.34. The van der Waals surface area contributed by atoms with E-state index in [2.05, 4.69) is 10.3 Å². The van der Waals surface area contributed by atoms with E-state index in [1.807, 2.05) is 32.9 Å². The van der Waals surface area contributed by atoms with Crippen molar-refractivity contribution in [3.05, 3.63) is 46.0 Å². The van der Waals surface area contributed by atoms with Crippen LogP contribution in [0.3, 0.4) is 0 Å². The SMILES string of the molecule is Cc1cnc(NC(=O)[C@@H]2CSCN2C(=O)CCC(=O)c2ccc(C)c(C)c2)s1. The van der Waals surface area contributed by atoms with Crippen molar-refractivity contribution >= 4 is 45.8 Å². The molecule has 1 fully saturated rings. The Kier molecular flexibility index (Phi) is 6.51. The highest BCUT2D eigenvalue weighted by molar-refractivity contribution is 7.99. The standard InChI is InChI=1S/C20H23N3O3S2/c1-12-4-5-15(8-13(12)2)17(24)6-7-18(25)23-11-27-10-16(23)19(26)22-20-21-9-14(3)28-20/h4-5,8-9,16H,6-7,10-11H2,1-3H3,(H,21,22,26)/t16-/m0/s1. The zero-order valence-electron chi connectivity index (χ0n) is 16.2. The molecule has 1 aliphatic rings. The van der Waals surface area contributed by atoms with Gasteiger partial charge in [0.15, 0.2) is 10.9 Å². The van der Waals surface area contributed by atoms with Crippen LogP contribution in [0.5, 0.6) is 0 Å². The average Bonchev–Trinajstić information content (AvgIpc) is 3.30. The van der Waals surface area contributed by atoms with E-state index in [4.69, 9.17) is 0 Å². The molecular formula is C20H23N3O3S2. The molecule has 1 saturated heterocycles. The number of nitrogens with one attached hydrogen (secondary N) is 1. The van der Waals surface area contributed by atoms with Gasteiger partial charge in [0.05, 0.1) is 5.88 Å². The molecule has 2 aromatic rings. The normalized spacial score (nSPS) is 16.2. The number of carbonyl (C=O) groups excluding carboxylic acids is 3. The van der Waals surface area contributed by atoms with Crippen LogP contribution in [0.15, 0.2) is 24.4 Å². The fourth-order valence-electron chi connectivity index (χ4n) is 2.93. The van der Waals surface area contributed by atoms with E-state index in [0.29, 0.717) is 22.3 Å². The smallest absolute Gasteiger partial charge is 0.249 e. The van der Waals surface area contributed by atoms with Crippen LogP contribution in [0, 0.1) is 20.8 Å². The largest absolute Gasteiger partial charge is 0.321 e. The summed E-state index contributed by atoms with van der Waals surface area (Å²) in [6.45, 7) is 5.88. The summed E-state index contributed by atoms with van der Waals surface area (Å²) in [5.74, 6) is 0.562. The molecule has 0 saturated carbocycles. The summed E-state index contributed by atoms with van der Waals surface area (Å²) in [5, 5.41) is 3.32. The Hall–Kier alpha value is -2.19. The number of Topliss-reactive ketones (excluding diaryl/α,β-unsaturated/α-hetero) is 1. The van der Waals surface area contributed by atoms with Crippen LogP contribution < -0.4 is 5.32 Å². The molecule has 0 bridgehead atoms. The summed E-state index contributed by atoms with van der Waals surface area (Å²) in [6.07, 6.45) is 1.94. The number of aryl methyl sites for hydroxylation is 3. The quantitative estimate of drug-likeness (QED) is 0.727. The van der Waals surface area contributed by atoms with E-state index >= 15 is 0 Å². The molecule has 0 spiro atoms. The third-order valence-electron chi connectivity index (χ3n) is 4.75. The van der Waals surface area contributed by atoms with E-state index in [0.717, 1.165) is 16.0 Å². The summed E-state index contributed by atoms with van der Waals surface area (Å²) in [4.78, 5) is 44.3. The van der Waals surface area contributed by atoms with Crippen molar-refractivity contribution in [2.45, 2.75) is 39.7 Å². The summed E-state index contributed by atoms with van der Waals surface area (Å²) in [7, 11) is 0. The fourth-order valence-corrected chi connectivity index (χ4v) is 4.78. The molecule has 0 aliphatic carbocycles. The van der Waals surface area contributed by atoms with Gasteiger partial charge in [0.1, 0.15) is 6.04 Å². The molecule has 8 heteroatoms. The van der Waals surface area contributed by atoms with E-state index in [9.17, 15) is 14.4 Å². The minimum atomic E-state index is -0.529. The van der Waals surface area contributed by atoms with Gasteiger partial charge in [-0.3, -0.25) is 14.4 Å². The number of amides is 2. The molecule has 1 atom stereocenters. The van der Waals surface area contributed by atoms with Crippen LogP contribution >= 0.6 is 23.1 Å². The number of anilines is 1. The number of nitrogens with zero attached hydrogens (tertiary/aromatic N) is 2. The molecule has 2 heterocycles. The first-order valence-corrected chi connectivity index (χ1v) is 11.0. The molecule has 1 aromatic carbocycles. The van der Waals surface area contributed by atoms with Gasteiger partial charge in [0.2, 0.25) is 11.8 Å². The molecule has 1 aliphatic heterocycles. The van der Waals surface area contributed by atoms with E-state index in [1.165, 1.54) is 23.1 Å². The van der Waals surface area contributed by atoms with Crippen LogP contribution in [-0.4, -0.2) is 45.2 Å².